The molecule has 0 amide bonds. The van der Waals surface area contributed by atoms with E-state index in [9.17, 15) is 0 Å². The van der Waals surface area contributed by atoms with Crippen molar-refractivity contribution in [1.82, 2.24) is 0 Å². The average molecular weight is 578 g/mol. The van der Waals surface area contributed by atoms with Crippen molar-refractivity contribution in [2.75, 3.05) is 4.90 Å². The van der Waals surface area contributed by atoms with E-state index in [1.54, 1.807) is 0 Å². The summed E-state index contributed by atoms with van der Waals surface area (Å²) in [6, 6.07) is 54.6. The van der Waals surface area contributed by atoms with Crippen molar-refractivity contribution in [3.8, 4) is 22.3 Å². The molecule has 0 saturated carbocycles. The Balaban J connectivity index is 1.40. The predicted molar refractivity (Wildman–Crippen MR) is 189 cm³/mol. The first-order valence-electron chi connectivity index (χ1n) is 15.6. The molecule has 0 fully saturated rings. The van der Waals surface area contributed by atoms with Crippen LogP contribution in [0.4, 0.5) is 17.1 Å². The zero-order valence-corrected chi connectivity index (χ0v) is 25.3. The number of benzene rings is 7. The van der Waals surface area contributed by atoms with Crippen molar-refractivity contribution in [3.63, 3.8) is 0 Å². The maximum atomic E-state index is 6.42. The van der Waals surface area contributed by atoms with Crippen LogP contribution in [0.2, 0.25) is 0 Å². The third-order valence-corrected chi connectivity index (χ3v) is 9.62. The highest BCUT2D eigenvalue weighted by atomic mass is 16.3. The highest BCUT2D eigenvalue weighted by Crippen LogP contribution is 2.57. The highest BCUT2D eigenvalue weighted by Gasteiger charge is 2.39. The van der Waals surface area contributed by atoms with Crippen molar-refractivity contribution in [2.45, 2.75) is 19.3 Å². The molecule has 1 heterocycles. The van der Waals surface area contributed by atoms with Crippen LogP contribution in [0.25, 0.3) is 55.0 Å². The van der Waals surface area contributed by atoms with Gasteiger partial charge >= 0.3 is 0 Å². The molecule has 0 radical (unpaired) electrons. The Bertz CT molecular complexity index is 2400. The lowest BCUT2D eigenvalue weighted by molar-refractivity contribution is 0.666. The Hall–Kier alpha value is -5.60. The summed E-state index contributed by atoms with van der Waals surface area (Å²) >= 11 is 0. The molecule has 0 aliphatic heterocycles. The zero-order chi connectivity index (χ0) is 30.1. The van der Waals surface area contributed by atoms with Gasteiger partial charge in [-0.25, -0.2) is 0 Å². The lowest BCUT2D eigenvalue weighted by atomic mass is 9.80. The van der Waals surface area contributed by atoms with E-state index in [0.717, 1.165) is 33.3 Å². The van der Waals surface area contributed by atoms with Crippen molar-refractivity contribution < 1.29 is 4.42 Å². The Morgan fingerprint density at radius 3 is 2.04 bits per heavy atom. The summed E-state index contributed by atoms with van der Waals surface area (Å²) in [7, 11) is 0. The molecule has 7 aromatic carbocycles. The monoisotopic (exact) mass is 577 g/mol. The maximum absolute atomic E-state index is 6.42. The van der Waals surface area contributed by atoms with Crippen molar-refractivity contribution in [3.05, 3.63) is 163 Å². The summed E-state index contributed by atoms with van der Waals surface area (Å²) in [5.74, 6) is 0. The number of rotatable bonds is 4. The molecule has 0 spiro atoms. The lowest BCUT2D eigenvalue weighted by Gasteiger charge is -2.30. The minimum atomic E-state index is -0.154. The van der Waals surface area contributed by atoms with Gasteiger partial charge in [0.15, 0.2) is 0 Å². The first-order valence-corrected chi connectivity index (χ1v) is 15.6. The SMILES string of the molecule is CC1(C)c2ccccc2-c2c(N(c3ccc(-c4ccccc4)cc3)c3cccc4oc5ccccc5c34)cc3ccccc3c21. The van der Waals surface area contributed by atoms with Gasteiger partial charge in [-0.1, -0.05) is 129 Å². The standard InChI is InChI=1S/C43H31NO/c1-43(2)35-19-10-8-17-33(35)41-37(27-30-15-6-7-16-32(30)42(41)43)44(31-25-23-29(24-26-31)28-13-4-3-5-14-28)36-20-12-22-39-40(36)34-18-9-11-21-38(34)45-39/h3-27H,1-2H3. The fraction of sp³-hybridized carbons (Fsp3) is 0.0698. The molecule has 0 bridgehead atoms. The molecule has 2 heteroatoms. The molecule has 2 nitrogen and oxygen atoms in total. The molecule has 0 saturated heterocycles. The van der Waals surface area contributed by atoms with Crippen LogP contribution < -0.4 is 4.90 Å². The van der Waals surface area contributed by atoms with Gasteiger partial charge in [0.25, 0.3) is 0 Å². The summed E-state index contributed by atoms with van der Waals surface area (Å²) in [5.41, 5.74) is 12.8. The minimum Gasteiger partial charge on any atom is -0.456 e. The molecule has 9 rings (SSSR count). The van der Waals surface area contributed by atoms with E-state index in [1.165, 1.54) is 49.8 Å². The summed E-state index contributed by atoms with van der Waals surface area (Å²) in [4.78, 5) is 2.46. The molecule has 0 atom stereocenters. The maximum Gasteiger partial charge on any atom is 0.137 e. The van der Waals surface area contributed by atoms with E-state index in [2.05, 4.69) is 164 Å². The van der Waals surface area contributed by atoms with Crippen LogP contribution in [-0.2, 0) is 5.41 Å². The van der Waals surface area contributed by atoms with Crippen LogP contribution >= 0.6 is 0 Å². The van der Waals surface area contributed by atoms with Crippen LogP contribution in [0.1, 0.15) is 25.0 Å². The molecule has 1 aliphatic carbocycles. The second-order valence-electron chi connectivity index (χ2n) is 12.5. The van der Waals surface area contributed by atoms with Crippen LogP contribution in [0.3, 0.4) is 0 Å². The molecule has 8 aromatic rings. The number of hydrogen-bond donors (Lipinski definition) is 0. The van der Waals surface area contributed by atoms with Crippen LogP contribution in [0.5, 0.6) is 0 Å². The number of fused-ring (bicyclic) bond motifs is 8. The number of nitrogens with zero attached hydrogens (tertiary/aromatic N) is 1. The molecular formula is C43H31NO. The molecule has 0 N–H and O–H groups in total. The van der Waals surface area contributed by atoms with E-state index in [1.807, 2.05) is 6.07 Å². The second kappa shape index (κ2) is 9.70. The van der Waals surface area contributed by atoms with Gasteiger partial charge in [-0.3, -0.25) is 0 Å². The number of furan rings is 1. The van der Waals surface area contributed by atoms with Gasteiger partial charge in [0.1, 0.15) is 11.2 Å². The molecular weight excluding hydrogens is 546 g/mol. The second-order valence-corrected chi connectivity index (χ2v) is 12.5. The smallest absolute Gasteiger partial charge is 0.137 e. The predicted octanol–water partition coefficient (Wildman–Crippen LogP) is 12.2. The first kappa shape index (κ1) is 25.9. The highest BCUT2D eigenvalue weighted by molar-refractivity contribution is 6.15. The largest absolute Gasteiger partial charge is 0.456 e. The third-order valence-electron chi connectivity index (χ3n) is 9.62. The molecule has 0 unspecified atom stereocenters. The minimum absolute atomic E-state index is 0.154. The third kappa shape index (κ3) is 3.82. The molecule has 45 heavy (non-hydrogen) atoms. The Morgan fingerprint density at radius 1 is 0.533 bits per heavy atom. The van der Waals surface area contributed by atoms with Gasteiger partial charge < -0.3 is 9.32 Å². The van der Waals surface area contributed by atoms with Crippen LogP contribution in [-0.4, -0.2) is 0 Å². The van der Waals surface area contributed by atoms with Gasteiger partial charge in [-0.05, 0) is 75.0 Å². The van der Waals surface area contributed by atoms with Crippen molar-refractivity contribution in [2.24, 2.45) is 0 Å². The van der Waals surface area contributed by atoms with E-state index >= 15 is 0 Å². The van der Waals surface area contributed by atoms with Crippen molar-refractivity contribution in [1.29, 1.82) is 0 Å². The summed E-state index contributed by atoms with van der Waals surface area (Å²) in [6.45, 7) is 4.74. The Kier molecular flexibility index (Phi) is 5.58. The van der Waals surface area contributed by atoms with E-state index in [4.69, 9.17) is 4.42 Å². The number of anilines is 3. The van der Waals surface area contributed by atoms with E-state index in [0.29, 0.717) is 0 Å². The number of hydrogen-bond acceptors (Lipinski definition) is 2. The molecule has 1 aliphatic rings. The first-order chi connectivity index (χ1) is 22.1. The normalized spacial score (nSPS) is 13.3. The Morgan fingerprint density at radius 2 is 1.20 bits per heavy atom. The number of para-hydroxylation sites is 1. The van der Waals surface area contributed by atoms with Gasteiger partial charge in [0.2, 0.25) is 0 Å². The van der Waals surface area contributed by atoms with Gasteiger partial charge in [-0.2, -0.15) is 0 Å². The topological polar surface area (TPSA) is 16.4 Å². The summed E-state index contributed by atoms with van der Waals surface area (Å²) < 4.78 is 6.42. The van der Waals surface area contributed by atoms with E-state index < -0.39 is 0 Å². The zero-order valence-electron chi connectivity index (χ0n) is 25.3. The fourth-order valence-electron chi connectivity index (χ4n) is 7.60. The lowest BCUT2D eigenvalue weighted by Crippen LogP contribution is -2.17. The Labute approximate surface area is 262 Å². The van der Waals surface area contributed by atoms with Crippen LogP contribution in [0, 0.1) is 0 Å². The summed E-state index contributed by atoms with van der Waals surface area (Å²) in [6.07, 6.45) is 0. The van der Waals surface area contributed by atoms with Gasteiger partial charge in [-0.15, -0.1) is 0 Å². The fourth-order valence-corrected chi connectivity index (χ4v) is 7.60. The molecule has 1 aromatic heterocycles. The summed E-state index contributed by atoms with van der Waals surface area (Å²) in [5, 5.41) is 4.78. The average Bonchev–Trinajstić information content (AvgIpc) is 3.59. The van der Waals surface area contributed by atoms with Gasteiger partial charge in [0, 0.05) is 22.1 Å². The van der Waals surface area contributed by atoms with Gasteiger partial charge in [0.05, 0.1) is 16.8 Å². The quantitative estimate of drug-likeness (QED) is 0.207. The molecule has 214 valence electrons. The van der Waals surface area contributed by atoms with E-state index in [-0.39, 0.29) is 5.41 Å². The van der Waals surface area contributed by atoms with Crippen molar-refractivity contribution >= 4 is 49.8 Å². The van der Waals surface area contributed by atoms with Crippen LogP contribution in [0.15, 0.2) is 156 Å².